The van der Waals surface area contributed by atoms with Crippen molar-refractivity contribution < 1.29 is 18.0 Å². The summed E-state index contributed by atoms with van der Waals surface area (Å²) in [5, 5.41) is 8.80. The van der Waals surface area contributed by atoms with E-state index < -0.39 is 17.8 Å². The molecule has 0 aromatic heterocycles. The Hall–Kier alpha value is -2.48. The average molecular weight is 459 g/mol. The number of amides is 2. The van der Waals surface area contributed by atoms with Crippen LogP contribution in [-0.2, 0) is 0 Å². The van der Waals surface area contributed by atoms with Gasteiger partial charge < -0.3 is 10.2 Å². The highest BCUT2D eigenvalue weighted by Crippen LogP contribution is 2.26. The molecule has 1 aliphatic rings. The number of nitrogens with zero attached hydrogens (tertiary/aromatic N) is 3. The maximum absolute atomic E-state index is 12.9. The lowest BCUT2D eigenvalue weighted by Gasteiger charge is -2.27. The van der Waals surface area contributed by atoms with Crippen LogP contribution in [0.25, 0.3) is 0 Å². The van der Waals surface area contributed by atoms with E-state index in [9.17, 15) is 18.0 Å². The summed E-state index contributed by atoms with van der Waals surface area (Å²) in [6.45, 7) is 7.84. The number of halogens is 4. The standard InChI is InChI=1S/C22H30ClF3N4O/c1-5-9-18(22(24,25)26)11-8-13-27-21(31)30(19(7-3)10-6-2)28-15-17-12-14-29(4)16-20(17)23/h5,8-9,11-12,15-16,19H,1,6-7,10,13-14H2,2-4H3,(H,27,31)/b11-8-,18-9+,28-15+. The number of hydrogen-bond donors (Lipinski definition) is 1. The van der Waals surface area contributed by atoms with Gasteiger partial charge in [-0.3, -0.25) is 0 Å². The van der Waals surface area contributed by atoms with Gasteiger partial charge in [-0.1, -0.05) is 68.8 Å². The van der Waals surface area contributed by atoms with Crippen molar-refractivity contribution in [1.82, 2.24) is 15.2 Å². The topological polar surface area (TPSA) is 47.9 Å². The zero-order valence-corrected chi connectivity index (χ0v) is 18.9. The maximum Gasteiger partial charge on any atom is 0.416 e. The Balaban J connectivity index is 2.91. The Kier molecular flexibility index (Phi) is 11.2. The monoisotopic (exact) mass is 458 g/mol. The van der Waals surface area contributed by atoms with Gasteiger partial charge in [-0.25, -0.2) is 9.80 Å². The second kappa shape index (κ2) is 13.0. The van der Waals surface area contributed by atoms with Crippen LogP contribution in [0.3, 0.4) is 0 Å². The fourth-order valence-electron chi connectivity index (χ4n) is 2.83. The van der Waals surface area contributed by atoms with Crippen molar-refractivity contribution in [1.29, 1.82) is 0 Å². The molecule has 0 aromatic carbocycles. The van der Waals surface area contributed by atoms with E-state index in [0.29, 0.717) is 23.6 Å². The van der Waals surface area contributed by atoms with Gasteiger partial charge >= 0.3 is 12.2 Å². The summed E-state index contributed by atoms with van der Waals surface area (Å²) >= 11 is 6.24. The van der Waals surface area contributed by atoms with Crippen LogP contribution in [0.15, 0.2) is 64.4 Å². The lowest BCUT2D eigenvalue weighted by Crippen LogP contribution is -2.43. The van der Waals surface area contributed by atoms with Crippen LogP contribution in [0.2, 0.25) is 0 Å². The molecule has 2 amide bonds. The Morgan fingerprint density at radius 3 is 2.71 bits per heavy atom. The fourth-order valence-corrected chi connectivity index (χ4v) is 3.12. The summed E-state index contributed by atoms with van der Waals surface area (Å²) in [4.78, 5) is 14.6. The zero-order chi connectivity index (χ0) is 23.4. The molecule has 1 N–H and O–H groups in total. The first-order chi connectivity index (χ1) is 14.6. The minimum atomic E-state index is -4.49. The number of hydrazone groups is 1. The fraction of sp³-hybridized carbons (Fsp3) is 0.455. The third-order valence-electron chi connectivity index (χ3n) is 4.47. The van der Waals surface area contributed by atoms with Crippen molar-refractivity contribution in [3.8, 4) is 0 Å². The van der Waals surface area contributed by atoms with Crippen molar-refractivity contribution in [2.75, 3.05) is 20.1 Å². The Morgan fingerprint density at radius 1 is 1.45 bits per heavy atom. The van der Waals surface area contributed by atoms with Crippen LogP contribution in [0.4, 0.5) is 18.0 Å². The SMILES string of the molecule is C=C/C=C(\C=C/CNC(=O)N(/N=C/C1=CCN(C)C=C1Cl)C(CC)CCC)C(F)(F)F. The van der Waals surface area contributed by atoms with E-state index in [1.807, 2.05) is 31.9 Å². The molecule has 1 rings (SSSR count). The molecule has 1 aliphatic heterocycles. The highest BCUT2D eigenvalue weighted by Gasteiger charge is 2.31. The summed E-state index contributed by atoms with van der Waals surface area (Å²) in [7, 11) is 1.89. The third kappa shape index (κ3) is 9.04. The van der Waals surface area contributed by atoms with Gasteiger partial charge in [-0.2, -0.15) is 18.3 Å². The molecule has 31 heavy (non-hydrogen) atoms. The van der Waals surface area contributed by atoms with Gasteiger partial charge in [0.1, 0.15) is 0 Å². The number of allylic oxidation sites excluding steroid dienone is 6. The van der Waals surface area contributed by atoms with Gasteiger partial charge in [-0.05, 0) is 12.8 Å². The summed E-state index contributed by atoms with van der Waals surface area (Å²) in [5.74, 6) is 0. The van der Waals surface area contributed by atoms with Gasteiger partial charge in [0.2, 0.25) is 0 Å². The van der Waals surface area contributed by atoms with Crippen LogP contribution in [-0.4, -0.2) is 54.5 Å². The van der Waals surface area contributed by atoms with E-state index in [-0.39, 0.29) is 12.6 Å². The van der Waals surface area contributed by atoms with E-state index in [1.54, 1.807) is 6.20 Å². The number of nitrogens with one attached hydrogen (secondary N) is 1. The van der Waals surface area contributed by atoms with Crippen molar-refractivity contribution >= 4 is 23.8 Å². The smallest absolute Gasteiger partial charge is 0.375 e. The first-order valence-electron chi connectivity index (χ1n) is 10.1. The number of alkyl halides is 3. The average Bonchev–Trinajstić information content (AvgIpc) is 2.70. The van der Waals surface area contributed by atoms with Gasteiger partial charge in [-0.15, -0.1) is 0 Å². The van der Waals surface area contributed by atoms with Crippen LogP contribution >= 0.6 is 11.6 Å². The van der Waals surface area contributed by atoms with Crippen molar-refractivity contribution in [3.63, 3.8) is 0 Å². The second-order valence-electron chi connectivity index (χ2n) is 6.96. The van der Waals surface area contributed by atoms with Crippen molar-refractivity contribution in [2.24, 2.45) is 5.10 Å². The number of urea groups is 1. The summed E-state index contributed by atoms with van der Waals surface area (Å²) in [6.07, 6.45) is 7.08. The molecule has 0 saturated heterocycles. The lowest BCUT2D eigenvalue weighted by atomic mass is 10.1. The summed E-state index contributed by atoms with van der Waals surface area (Å²) in [5.41, 5.74) is -0.145. The third-order valence-corrected chi connectivity index (χ3v) is 4.79. The molecule has 0 saturated carbocycles. The molecule has 9 heteroatoms. The largest absolute Gasteiger partial charge is 0.416 e. The molecule has 172 valence electrons. The van der Waals surface area contributed by atoms with E-state index >= 15 is 0 Å². The predicted molar refractivity (Wildman–Crippen MR) is 121 cm³/mol. The van der Waals surface area contributed by atoms with Gasteiger partial charge in [0.15, 0.2) is 0 Å². The summed E-state index contributed by atoms with van der Waals surface area (Å²) in [6, 6.07) is -0.637. The quantitative estimate of drug-likeness (QED) is 0.257. The molecule has 0 radical (unpaired) electrons. The highest BCUT2D eigenvalue weighted by molar-refractivity contribution is 6.34. The highest BCUT2D eigenvalue weighted by atomic mass is 35.5. The van der Waals surface area contributed by atoms with Crippen LogP contribution in [0.5, 0.6) is 0 Å². The molecule has 0 bridgehead atoms. The zero-order valence-electron chi connectivity index (χ0n) is 18.1. The Bertz CT molecular complexity index is 769. The molecule has 1 atom stereocenters. The van der Waals surface area contributed by atoms with E-state index in [1.165, 1.54) is 17.3 Å². The minimum Gasteiger partial charge on any atom is -0.375 e. The molecular formula is C22H30ClF3N4O. The van der Waals surface area contributed by atoms with Crippen molar-refractivity contribution in [3.05, 3.63) is 59.3 Å². The number of hydrogen-bond acceptors (Lipinski definition) is 3. The number of carbonyl (C=O) groups excluding carboxylic acids is 1. The molecule has 5 nitrogen and oxygen atoms in total. The number of likely N-dealkylation sites (N-methyl/N-ethyl adjacent to an activating group) is 1. The Morgan fingerprint density at radius 2 is 2.16 bits per heavy atom. The molecule has 0 fully saturated rings. The number of rotatable bonds is 10. The normalized spacial score (nSPS) is 16.4. The van der Waals surface area contributed by atoms with Crippen LogP contribution < -0.4 is 5.32 Å². The van der Waals surface area contributed by atoms with Gasteiger partial charge in [0, 0.05) is 31.9 Å². The van der Waals surface area contributed by atoms with Gasteiger partial charge in [0.25, 0.3) is 0 Å². The van der Waals surface area contributed by atoms with Gasteiger partial charge in [0.05, 0.1) is 22.9 Å². The predicted octanol–water partition coefficient (Wildman–Crippen LogP) is 5.75. The Labute approximate surface area is 187 Å². The molecular weight excluding hydrogens is 429 g/mol. The minimum absolute atomic E-state index is 0.0773. The molecule has 0 aromatic rings. The first-order valence-corrected chi connectivity index (χ1v) is 10.5. The number of carbonyl (C=O) groups is 1. The van der Waals surface area contributed by atoms with Crippen LogP contribution in [0.1, 0.15) is 33.1 Å². The molecule has 0 aliphatic carbocycles. The molecule has 1 unspecified atom stereocenters. The van der Waals surface area contributed by atoms with Crippen LogP contribution in [0, 0.1) is 0 Å². The first kappa shape index (κ1) is 26.6. The maximum atomic E-state index is 12.9. The van der Waals surface area contributed by atoms with Crippen molar-refractivity contribution in [2.45, 2.75) is 45.3 Å². The lowest BCUT2D eigenvalue weighted by molar-refractivity contribution is -0.0881. The summed E-state index contributed by atoms with van der Waals surface area (Å²) < 4.78 is 38.7. The molecule has 1 heterocycles. The second-order valence-corrected chi connectivity index (χ2v) is 7.37. The molecule has 0 spiro atoms. The van der Waals surface area contributed by atoms with E-state index in [2.05, 4.69) is 17.0 Å². The van der Waals surface area contributed by atoms with E-state index in [0.717, 1.165) is 31.1 Å². The van der Waals surface area contributed by atoms with E-state index in [4.69, 9.17) is 11.6 Å².